The smallest absolute Gasteiger partial charge is 0.272 e. The molecule has 0 saturated heterocycles. The summed E-state index contributed by atoms with van der Waals surface area (Å²) >= 11 is 7.46. The Morgan fingerprint density at radius 1 is 0.930 bits per heavy atom. The van der Waals surface area contributed by atoms with E-state index in [0.29, 0.717) is 32.6 Å². The van der Waals surface area contributed by atoms with E-state index in [1.807, 2.05) is 13.0 Å². The fraction of sp³-hybridized carbons (Fsp3) is 0.121. The first-order valence-electron chi connectivity index (χ1n) is 13.2. The normalized spacial score (nSPS) is 11.8. The molecule has 0 aromatic heterocycles. The maximum atomic E-state index is 14.4. The number of carbonyl (C=O) groups excluding carboxylic acids is 3. The Morgan fingerprint density at radius 3 is 2.37 bits per heavy atom. The van der Waals surface area contributed by atoms with Gasteiger partial charge in [0.15, 0.2) is 0 Å². The molecule has 0 aliphatic heterocycles. The van der Waals surface area contributed by atoms with Gasteiger partial charge in [0.2, 0.25) is 5.91 Å². The van der Waals surface area contributed by atoms with Crippen LogP contribution in [0, 0.1) is 12.7 Å². The lowest BCUT2D eigenvalue weighted by molar-refractivity contribution is -0.115. The number of aryl methyl sites for hydroxylation is 1. The predicted molar refractivity (Wildman–Crippen MR) is 170 cm³/mol. The van der Waals surface area contributed by atoms with Crippen LogP contribution in [-0.2, 0) is 9.59 Å². The van der Waals surface area contributed by atoms with Crippen molar-refractivity contribution in [2.75, 3.05) is 17.7 Å². The third kappa shape index (κ3) is 8.47. The highest BCUT2D eigenvalue weighted by molar-refractivity contribution is 8.00. The van der Waals surface area contributed by atoms with E-state index in [9.17, 15) is 18.8 Å². The summed E-state index contributed by atoms with van der Waals surface area (Å²) < 4.78 is 19.8. The lowest BCUT2D eigenvalue weighted by Crippen LogP contribution is -2.30. The van der Waals surface area contributed by atoms with Crippen LogP contribution in [0.5, 0.6) is 5.75 Å². The maximum Gasteiger partial charge on any atom is 0.272 e. The number of rotatable bonds is 10. The first-order chi connectivity index (χ1) is 20.6. The van der Waals surface area contributed by atoms with Crippen LogP contribution in [0.2, 0.25) is 5.02 Å². The lowest BCUT2D eigenvalue weighted by atomic mass is 10.1. The molecule has 10 heteroatoms. The molecule has 43 heavy (non-hydrogen) atoms. The van der Waals surface area contributed by atoms with E-state index in [0.717, 1.165) is 5.56 Å². The average molecular weight is 618 g/mol. The Balaban J connectivity index is 1.49. The molecule has 4 aromatic carbocycles. The number of benzene rings is 4. The summed E-state index contributed by atoms with van der Waals surface area (Å²) in [5, 5.41) is 8.26. The average Bonchev–Trinajstić information content (AvgIpc) is 3.00. The molecule has 0 radical (unpaired) electrons. The van der Waals surface area contributed by atoms with Crippen LogP contribution >= 0.6 is 23.4 Å². The number of carbonyl (C=O) groups is 3. The van der Waals surface area contributed by atoms with Gasteiger partial charge in [0, 0.05) is 32.8 Å². The van der Waals surface area contributed by atoms with Gasteiger partial charge in [-0.25, -0.2) is 4.39 Å². The molecule has 3 amide bonds. The van der Waals surface area contributed by atoms with Crippen molar-refractivity contribution in [2.24, 2.45) is 0 Å². The predicted octanol–water partition coefficient (Wildman–Crippen LogP) is 7.33. The van der Waals surface area contributed by atoms with Crippen LogP contribution < -0.4 is 20.7 Å². The van der Waals surface area contributed by atoms with Gasteiger partial charge in [0.1, 0.15) is 17.3 Å². The first-order valence-corrected chi connectivity index (χ1v) is 14.5. The summed E-state index contributed by atoms with van der Waals surface area (Å²) in [5.41, 5.74) is 2.06. The van der Waals surface area contributed by atoms with Gasteiger partial charge in [-0.05, 0) is 68.0 Å². The van der Waals surface area contributed by atoms with Gasteiger partial charge in [-0.15, -0.1) is 11.8 Å². The van der Waals surface area contributed by atoms with Crippen LogP contribution in [0.4, 0.5) is 15.8 Å². The zero-order valence-electron chi connectivity index (χ0n) is 23.6. The largest absolute Gasteiger partial charge is 0.495 e. The molecule has 1 unspecified atom stereocenters. The van der Waals surface area contributed by atoms with Crippen molar-refractivity contribution in [3.05, 3.63) is 124 Å². The van der Waals surface area contributed by atoms with Crippen molar-refractivity contribution in [1.82, 2.24) is 5.32 Å². The van der Waals surface area contributed by atoms with Gasteiger partial charge in [-0.1, -0.05) is 54.1 Å². The molecule has 4 aromatic rings. The highest BCUT2D eigenvalue weighted by Crippen LogP contribution is 2.32. The Kier molecular flexibility index (Phi) is 10.6. The Morgan fingerprint density at radius 2 is 1.65 bits per heavy atom. The van der Waals surface area contributed by atoms with Crippen molar-refractivity contribution in [3.63, 3.8) is 0 Å². The maximum absolute atomic E-state index is 14.4. The lowest BCUT2D eigenvalue weighted by Gasteiger charge is -2.16. The molecule has 0 aliphatic carbocycles. The third-order valence-electron chi connectivity index (χ3n) is 6.25. The molecule has 1 atom stereocenters. The second kappa shape index (κ2) is 14.5. The number of thioether (sulfide) groups is 1. The van der Waals surface area contributed by atoms with Crippen molar-refractivity contribution >= 4 is 58.5 Å². The standard InChI is InChI=1S/C33H29ClFN3O4S/c1-20-16-28(30(42-3)19-26(20)34)37-31(39)21(2)43-25-14-9-13-24(18-25)36-33(41)29(17-23-12-7-8-15-27(23)35)38-32(40)22-10-5-4-6-11-22/h4-19,21H,1-3H3,(H,36,41)(H,37,39)(H,38,40)/b29-17-. The van der Waals surface area contributed by atoms with E-state index in [-0.39, 0.29) is 17.2 Å². The quantitative estimate of drug-likeness (QED) is 0.128. The molecule has 0 fully saturated rings. The monoisotopic (exact) mass is 617 g/mol. The summed E-state index contributed by atoms with van der Waals surface area (Å²) in [4.78, 5) is 39.9. The van der Waals surface area contributed by atoms with Crippen LogP contribution in [0.15, 0.2) is 102 Å². The zero-order chi connectivity index (χ0) is 30.9. The SMILES string of the molecule is COc1cc(Cl)c(C)cc1NC(=O)C(C)Sc1cccc(NC(=O)/C(=C/c2ccccc2F)NC(=O)c2ccccc2)c1. The number of methoxy groups -OCH3 is 1. The fourth-order valence-corrected chi connectivity index (χ4v) is 5.04. The van der Waals surface area contributed by atoms with Crippen LogP contribution in [0.1, 0.15) is 28.4 Å². The molecule has 0 aliphatic rings. The van der Waals surface area contributed by atoms with Crippen molar-refractivity contribution in [1.29, 1.82) is 0 Å². The molecule has 4 rings (SSSR count). The van der Waals surface area contributed by atoms with E-state index in [1.54, 1.807) is 73.7 Å². The number of hydrogen-bond donors (Lipinski definition) is 3. The van der Waals surface area contributed by atoms with Gasteiger partial charge in [0.05, 0.1) is 18.0 Å². The molecule has 0 heterocycles. The van der Waals surface area contributed by atoms with Gasteiger partial charge >= 0.3 is 0 Å². The summed E-state index contributed by atoms with van der Waals surface area (Å²) in [6.07, 6.45) is 1.28. The van der Waals surface area contributed by atoms with Crippen LogP contribution in [-0.4, -0.2) is 30.1 Å². The minimum atomic E-state index is -0.648. The Labute approximate surface area is 258 Å². The van der Waals surface area contributed by atoms with Gasteiger partial charge in [-0.2, -0.15) is 0 Å². The van der Waals surface area contributed by atoms with Crippen molar-refractivity contribution in [3.8, 4) is 5.75 Å². The number of anilines is 2. The zero-order valence-corrected chi connectivity index (χ0v) is 25.2. The van der Waals surface area contributed by atoms with E-state index in [2.05, 4.69) is 16.0 Å². The highest BCUT2D eigenvalue weighted by Gasteiger charge is 2.19. The molecule has 0 bridgehead atoms. The fourth-order valence-electron chi connectivity index (χ4n) is 3.96. The van der Waals surface area contributed by atoms with E-state index >= 15 is 0 Å². The second-order valence-corrected chi connectivity index (χ2v) is 11.3. The summed E-state index contributed by atoms with van der Waals surface area (Å²) in [6.45, 7) is 3.59. The second-order valence-electron chi connectivity index (χ2n) is 9.43. The number of ether oxygens (including phenoxy) is 1. The number of amides is 3. The highest BCUT2D eigenvalue weighted by atomic mass is 35.5. The molecule has 0 saturated carbocycles. The van der Waals surface area contributed by atoms with Crippen molar-refractivity contribution in [2.45, 2.75) is 24.0 Å². The summed E-state index contributed by atoms with van der Waals surface area (Å²) in [7, 11) is 1.50. The Hall–Kier alpha value is -4.60. The van der Waals surface area contributed by atoms with Crippen LogP contribution in [0.3, 0.4) is 0 Å². The number of hydrogen-bond acceptors (Lipinski definition) is 5. The minimum absolute atomic E-state index is 0.137. The Bertz CT molecular complexity index is 1680. The first kappa shape index (κ1) is 31.3. The van der Waals surface area contributed by atoms with E-state index < -0.39 is 22.9 Å². The molecule has 0 spiro atoms. The molecule has 220 valence electrons. The molecular formula is C33H29ClFN3O4S. The van der Waals surface area contributed by atoms with E-state index in [1.165, 1.54) is 43.1 Å². The number of nitrogens with one attached hydrogen (secondary N) is 3. The van der Waals surface area contributed by atoms with Gasteiger partial charge < -0.3 is 20.7 Å². The number of halogens is 2. The topological polar surface area (TPSA) is 96.5 Å². The molecule has 7 nitrogen and oxygen atoms in total. The van der Waals surface area contributed by atoms with Crippen LogP contribution in [0.25, 0.3) is 6.08 Å². The summed E-state index contributed by atoms with van der Waals surface area (Å²) in [5.74, 6) is -1.51. The minimum Gasteiger partial charge on any atom is -0.495 e. The van der Waals surface area contributed by atoms with Crippen molar-refractivity contribution < 1.29 is 23.5 Å². The molecular weight excluding hydrogens is 589 g/mol. The molecule has 3 N–H and O–H groups in total. The summed E-state index contributed by atoms with van der Waals surface area (Å²) in [6, 6.07) is 24.6. The third-order valence-corrected chi connectivity index (χ3v) is 7.75. The van der Waals surface area contributed by atoms with Gasteiger partial charge in [0.25, 0.3) is 11.8 Å². The van der Waals surface area contributed by atoms with E-state index in [4.69, 9.17) is 16.3 Å². The van der Waals surface area contributed by atoms with Gasteiger partial charge in [-0.3, -0.25) is 14.4 Å².